The molecular formula is C31H32FN7O4. The number of methoxy groups -OCH3 is 1. The van der Waals surface area contributed by atoms with Crippen LogP contribution in [0.15, 0.2) is 78.2 Å². The van der Waals surface area contributed by atoms with Gasteiger partial charge in [0.1, 0.15) is 53.4 Å². The van der Waals surface area contributed by atoms with Crippen LogP contribution in [-0.4, -0.2) is 63.8 Å². The first-order valence-corrected chi connectivity index (χ1v) is 13.9. The molecule has 12 heteroatoms. The summed E-state index contributed by atoms with van der Waals surface area (Å²) in [4.78, 5) is 18.3. The van der Waals surface area contributed by atoms with Crippen molar-refractivity contribution in [1.29, 1.82) is 5.41 Å². The first-order valence-electron chi connectivity index (χ1n) is 13.9. The minimum Gasteiger partial charge on any atom is -0.494 e. The Morgan fingerprint density at radius 3 is 2.65 bits per heavy atom. The van der Waals surface area contributed by atoms with Crippen LogP contribution in [0.2, 0.25) is 0 Å². The van der Waals surface area contributed by atoms with Gasteiger partial charge < -0.3 is 29.8 Å². The number of nitrogens with zero attached hydrogens (tertiary/aromatic N) is 4. The number of nitrogens with one attached hydrogen (secondary N) is 3. The van der Waals surface area contributed by atoms with Crippen molar-refractivity contribution in [2.24, 2.45) is 5.92 Å². The highest BCUT2D eigenvalue weighted by atomic mass is 19.1. The van der Waals surface area contributed by atoms with Gasteiger partial charge in [0, 0.05) is 35.5 Å². The van der Waals surface area contributed by atoms with Crippen LogP contribution < -0.4 is 15.4 Å². The van der Waals surface area contributed by atoms with E-state index < -0.39 is 17.0 Å². The number of carbonyl (C=O) groups excluding carboxylic acids is 1. The van der Waals surface area contributed by atoms with Gasteiger partial charge in [-0.05, 0) is 68.2 Å². The molecular weight excluding hydrogens is 553 g/mol. The van der Waals surface area contributed by atoms with E-state index in [9.17, 15) is 14.3 Å². The summed E-state index contributed by atoms with van der Waals surface area (Å²) in [5.41, 5.74) is 0.965. The van der Waals surface area contributed by atoms with Crippen molar-refractivity contribution in [1.82, 2.24) is 30.4 Å². The second-order valence-corrected chi connectivity index (χ2v) is 11.1. The van der Waals surface area contributed by atoms with Gasteiger partial charge in [0.15, 0.2) is 5.75 Å². The lowest BCUT2D eigenvalue weighted by Crippen LogP contribution is -2.44. The lowest BCUT2D eigenvalue weighted by atomic mass is 9.86. The maximum Gasteiger partial charge on any atom is 0.251 e. The summed E-state index contributed by atoms with van der Waals surface area (Å²) < 4.78 is 27.2. The van der Waals surface area contributed by atoms with E-state index in [0.717, 1.165) is 18.4 Å². The van der Waals surface area contributed by atoms with Crippen LogP contribution in [0.1, 0.15) is 31.0 Å². The van der Waals surface area contributed by atoms with E-state index in [2.05, 4.69) is 20.8 Å². The maximum absolute atomic E-state index is 13.8. The predicted molar refractivity (Wildman–Crippen MR) is 156 cm³/mol. The van der Waals surface area contributed by atoms with Crippen LogP contribution in [0.5, 0.6) is 5.75 Å². The standard InChI is InChI=1S/C31H32FN7O4/c1-30(39-16-36-37-17-39)15-43-28-23(30)12-25(38-27(28)18-4-8-22(32)9-5-18)31(41,21-6-7-21)14-35-29(40)19-10-20(13-34-2)26(33)24(11-19)42-3/h4-5,8-13,16-17,21,33-34,41H,6-7,14-15H2,1-3H3,(H,35,40)/b20-13-,33-26?/t30-,31+/m0/s1. The zero-order chi connectivity index (χ0) is 30.4. The summed E-state index contributed by atoms with van der Waals surface area (Å²) in [5.74, 6) is -0.162. The van der Waals surface area contributed by atoms with E-state index in [0.29, 0.717) is 28.3 Å². The molecule has 1 aromatic carbocycles. The first-order chi connectivity index (χ1) is 20.7. The minimum atomic E-state index is -1.50. The molecule has 1 aliphatic heterocycles. The summed E-state index contributed by atoms with van der Waals surface area (Å²) in [6, 6.07) is 7.79. The number of ether oxygens (including phenoxy) is 2. The molecule has 0 radical (unpaired) electrons. The molecule has 3 aliphatic rings. The van der Waals surface area contributed by atoms with Crippen molar-refractivity contribution < 1.29 is 23.8 Å². The van der Waals surface area contributed by atoms with E-state index >= 15 is 0 Å². The van der Waals surface area contributed by atoms with Crippen molar-refractivity contribution in [3.05, 3.63) is 95.3 Å². The Morgan fingerprint density at radius 2 is 2.00 bits per heavy atom. The highest BCUT2D eigenvalue weighted by Gasteiger charge is 2.49. The number of pyridine rings is 1. The molecule has 0 saturated heterocycles. The summed E-state index contributed by atoms with van der Waals surface area (Å²) >= 11 is 0. The molecule has 2 aliphatic carbocycles. The van der Waals surface area contributed by atoms with Gasteiger partial charge in [0.2, 0.25) is 0 Å². The highest BCUT2D eigenvalue weighted by Crippen LogP contribution is 2.50. The van der Waals surface area contributed by atoms with Gasteiger partial charge in [0.25, 0.3) is 5.91 Å². The van der Waals surface area contributed by atoms with E-state index in [-0.39, 0.29) is 41.9 Å². The normalized spacial score (nSPS) is 21.8. The Hall–Kier alpha value is -4.84. The zero-order valence-electron chi connectivity index (χ0n) is 24.0. The van der Waals surface area contributed by atoms with Gasteiger partial charge in [0.05, 0.1) is 19.3 Å². The largest absolute Gasteiger partial charge is 0.494 e. The quantitative estimate of drug-likeness (QED) is 0.300. The fourth-order valence-corrected chi connectivity index (χ4v) is 5.58. The van der Waals surface area contributed by atoms with E-state index in [4.69, 9.17) is 19.9 Å². The fourth-order valence-electron chi connectivity index (χ4n) is 5.58. The number of aliphatic hydroxyl groups is 1. The first kappa shape index (κ1) is 28.3. The average molecular weight is 586 g/mol. The lowest BCUT2D eigenvalue weighted by molar-refractivity contribution is -0.118. The molecule has 222 valence electrons. The molecule has 1 amide bonds. The molecule has 6 rings (SSSR count). The second kappa shape index (κ2) is 10.8. The van der Waals surface area contributed by atoms with Gasteiger partial charge in [-0.1, -0.05) is 0 Å². The number of halogens is 1. The smallest absolute Gasteiger partial charge is 0.251 e. The van der Waals surface area contributed by atoms with Crippen LogP contribution in [0.4, 0.5) is 4.39 Å². The summed E-state index contributed by atoms with van der Waals surface area (Å²) in [6.07, 6.45) is 9.46. The molecule has 0 spiro atoms. The van der Waals surface area contributed by atoms with Crippen LogP contribution in [0, 0.1) is 17.1 Å². The molecule has 4 N–H and O–H groups in total. The number of fused-ring (bicyclic) bond motifs is 1. The Labute approximate surface area is 247 Å². The third-order valence-corrected chi connectivity index (χ3v) is 8.29. The highest BCUT2D eigenvalue weighted by molar-refractivity contribution is 6.15. The van der Waals surface area contributed by atoms with E-state index in [1.807, 2.05) is 17.6 Å². The summed E-state index contributed by atoms with van der Waals surface area (Å²) in [6.45, 7) is 2.16. The molecule has 3 aromatic rings. The number of aromatic nitrogens is 4. The van der Waals surface area contributed by atoms with Crippen molar-refractivity contribution >= 4 is 11.6 Å². The van der Waals surface area contributed by atoms with Gasteiger partial charge >= 0.3 is 0 Å². The molecule has 1 saturated carbocycles. The Morgan fingerprint density at radius 1 is 1.28 bits per heavy atom. The Kier molecular flexibility index (Phi) is 7.09. The van der Waals surface area contributed by atoms with Gasteiger partial charge in [-0.25, -0.2) is 9.37 Å². The number of hydrogen-bond donors (Lipinski definition) is 4. The molecule has 2 atom stereocenters. The van der Waals surface area contributed by atoms with Crippen LogP contribution >= 0.6 is 0 Å². The van der Waals surface area contributed by atoms with Gasteiger partial charge in [-0.2, -0.15) is 0 Å². The number of rotatable bonds is 9. The van der Waals surface area contributed by atoms with Crippen LogP contribution in [0.3, 0.4) is 0 Å². The summed E-state index contributed by atoms with van der Waals surface area (Å²) in [5, 5.41) is 34.3. The SMILES string of the molecule is CN/C=C1/C=C(C(=O)NC[C@](O)(c2cc3c(c(-c4ccc(F)cc4)n2)OC[C@]3(C)n2cnnc2)C2CC2)C=C(OC)C1=N. The lowest BCUT2D eigenvalue weighted by Gasteiger charge is -2.31. The molecule has 11 nitrogen and oxygen atoms in total. The van der Waals surface area contributed by atoms with Crippen LogP contribution in [-0.2, 0) is 20.7 Å². The number of allylic oxidation sites excluding steroid dienone is 2. The number of benzene rings is 1. The molecule has 43 heavy (non-hydrogen) atoms. The van der Waals surface area contributed by atoms with Crippen LogP contribution in [0.25, 0.3) is 11.3 Å². The Bertz CT molecular complexity index is 1680. The fraction of sp³-hybridized carbons (Fsp3) is 0.323. The Balaban J connectivity index is 1.39. The predicted octanol–water partition coefficient (Wildman–Crippen LogP) is 2.94. The van der Waals surface area contributed by atoms with Crippen molar-refractivity contribution in [3.8, 4) is 17.0 Å². The monoisotopic (exact) mass is 585 g/mol. The molecule has 0 unspecified atom stereocenters. The molecule has 2 aromatic heterocycles. The van der Waals surface area contributed by atoms with E-state index in [1.54, 1.807) is 44.1 Å². The summed E-state index contributed by atoms with van der Waals surface area (Å²) in [7, 11) is 3.15. The molecule has 0 bridgehead atoms. The zero-order valence-corrected chi connectivity index (χ0v) is 24.0. The van der Waals surface area contributed by atoms with Crippen molar-refractivity contribution in [3.63, 3.8) is 0 Å². The number of amides is 1. The van der Waals surface area contributed by atoms with Crippen molar-refractivity contribution in [2.45, 2.75) is 30.9 Å². The number of hydrogen-bond acceptors (Lipinski definition) is 9. The minimum absolute atomic E-state index is 0.106. The topological polar surface area (TPSA) is 147 Å². The van der Waals surface area contributed by atoms with Gasteiger partial charge in [-0.3, -0.25) is 10.2 Å². The third kappa shape index (κ3) is 4.97. The molecule has 1 fully saturated rings. The van der Waals surface area contributed by atoms with Gasteiger partial charge in [-0.15, -0.1) is 10.2 Å². The maximum atomic E-state index is 13.8. The second-order valence-electron chi connectivity index (χ2n) is 11.1. The van der Waals surface area contributed by atoms with Crippen molar-refractivity contribution in [2.75, 3.05) is 27.3 Å². The molecule has 3 heterocycles. The third-order valence-electron chi connectivity index (χ3n) is 8.29. The number of carbonyl (C=O) groups is 1. The van der Waals surface area contributed by atoms with E-state index in [1.165, 1.54) is 25.3 Å². The average Bonchev–Trinajstić information content (AvgIpc) is 3.61.